The predicted molar refractivity (Wildman–Crippen MR) is 109 cm³/mol. The number of fused-ring (bicyclic) bond motifs is 3. The van der Waals surface area contributed by atoms with Crippen molar-refractivity contribution in [3.8, 4) is 0 Å². The third kappa shape index (κ3) is 2.68. The lowest BCUT2D eigenvalue weighted by Gasteiger charge is -2.19. The lowest BCUT2D eigenvalue weighted by Crippen LogP contribution is -2.27. The zero-order chi connectivity index (χ0) is 19.5. The van der Waals surface area contributed by atoms with Crippen molar-refractivity contribution in [2.45, 2.75) is 31.1 Å². The van der Waals surface area contributed by atoms with Gasteiger partial charge < -0.3 is 18.6 Å². The van der Waals surface area contributed by atoms with Gasteiger partial charge in [-0.15, -0.1) is 0 Å². The number of benzene rings is 1. The first-order valence-corrected chi connectivity index (χ1v) is 10.2. The fraction of sp³-hybridized carbons (Fsp3) is 0.381. The molecule has 4 heterocycles. The molecule has 0 N–H and O–H groups in total. The third-order valence-corrected chi connectivity index (χ3v) is 6.64. The van der Waals surface area contributed by atoms with Crippen LogP contribution in [-0.2, 0) is 22.9 Å². The SMILES string of the molecule is Cn1cnc2cc(C[C@H]3C[C@@H](n4ccc5c(Cl)ncnc54)[C@@H]4OCO[C@H]34)ccc21. The Hall–Kier alpha value is -2.48. The molecule has 29 heavy (non-hydrogen) atoms. The quantitative estimate of drug-likeness (QED) is 0.484. The number of rotatable bonds is 3. The molecule has 1 aliphatic heterocycles. The molecule has 1 saturated heterocycles. The molecule has 0 bridgehead atoms. The van der Waals surface area contributed by atoms with E-state index in [1.165, 1.54) is 11.9 Å². The van der Waals surface area contributed by atoms with Gasteiger partial charge in [0.1, 0.15) is 30.0 Å². The Bertz CT molecular complexity index is 1220. The number of nitrogens with zero attached hydrogens (tertiary/aromatic N) is 5. The van der Waals surface area contributed by atoms with Gasteiger partial charge in [-0.05, 0) is 42.5 Å². The van der Waals surface area contributed by atoms with Gasteiger partial charge in [0, 0.05) is 13.2 Å². The molecule has 2 fully saturated rings. The maximum absolute atomic E-state index is 6.25. The number of hydrogen-bond acceptors (Lipinski definition) is 5. The number of ether oxygens (including phenoxy) is 2. The van der Waals surface area contributed by atoms with E-state index in [1.54, 1.807) is 0 Å². The summed E-state index contributed by atoms with van der Waals surface area (Å²) in [7, 11) is 2.02. The molecular formula is C21H20ClN5O2. The number of aromatic nitrogens is 5. The molecule has 1 aromatic carbocycles. The highest BCUT2D eigenvalue weighted by Crippen LogP contribution is 2.44. The summed E-state index contributed by atoms with van der Waals surface area (Å²) < 4.78 is 16.2. The van der Waals surface area contributed by atoms with Crippen LogP contribution in [0, 0.1) is 5.92 Å². The van der Waals surface area contributed by atoms with Crippen LogP contribution < -0.4 is 0 Å². The van der Waals surface area contributed by atoms with Gasteiger partial charge >= 0.3 is 0 Å². The summed E-state index contributed by atoms with van der Waals surface area (Å²) in [5.41, 5.74) is 4.30. The first-order chi connectivity index (χ1) is 14.2. The highest BCUT2D eigenvalue weighted by molar-refractivity contribution is 6.33. The van der Waals surface area contributed by atoms with Gasteiger partial charge in [-0.3, -0.25) is 0 Å². The first kappa shape index (κ1) is 17.4. The maximum Gasteiger partial charge on any atom is 0.147 e. The Morgan fingerprint density at radius 1 is 1.14 bits per heavy atom. The molecule has 7 nitrogen and oxygen atoms in total. The molecule has 4 aromatic rings. The molecule has 3 aromatic heterocycles. The van der Waals surface area contributed by atoms with Crippen LogP contribution in [0.3, 0.4) is 0 Å². The van der Waals surface area contributed by atoms with E-state index in [-0.39, 0.29) is 18.2 Å². The summed E-state index contributed by atoms with van der Waals surface area (Å²) in [6.45, 7) is 0.344. The second-order valence-corrected chi connectivity index (χ2v) is 8.31. The molecule has 4 atom stereocenters. The number of imidazole rings is 1. The summed E-state index contributed by atoms with van der Waals surface area (Å²) in [6, 6.07) is 8.66. The molecule has 0 radical (unpaired) electrons. The van der Waals surface area contributed by atoms with Crippen molar-refractivity contribution in [1.29, 1.82) is 0 Å². The van der Waals surface area contributed by atoms with E-state index in [0.717, 1.165) is 34.9 Å². The second-order valence-electron chi connectivity index (χ2n) is 7.95. The van der Waals surface area contributed by atoms with Gasteiger partial charge in [0.25, 0.3) is 0 Å². The zero-order valence-electron chi connectivity index (χ0n) is 15.9. The van der Waals surface area contributed by atoms with E-state index in [1.807, 2.05) is 30.2 Å². The summed E-state index contributed by atoms with van der Waals surface area (Å²) >= 11 is 6.25. The predicted octanol–water partition coefficient (Wildman–Crippen LogP) is 3.52. The Labute approximate surface area is 172 Å². The van der Waals surface area contributed by atoms with Crippen LogP contribution in [0.25, 0.3) is 22.1 Å². The van der Waals surface area contributed by atoms with Gasteiger partial charge in [0.05, 0.1) is 34.9 Å². The lowest BCUT2D eigenvalue weighted by atomic mass is 9.95. The molecule has 8 heteroatoms. The minimum atomic E-state index is 0.0166. The van der Waals surface area contributed by atoms with E-state index >= 15 is 0 Å². The highest BCUT2D eigenvalue weighted by atomic mass is 35.5. The third-order valence-electron chi connectivity index (χ3n) is 6.34. The molecular weight excluding hydrogens is 390 g/mol. The van der Waals surface area contributed by atoms with Gasteiger partial charge in [-0.25, -0.2) is 15.0 Å². The van der Waals surface area contributed by atoms with Crippen molar-refractivity contribution < 1.29 is 9.47 Å². The molecule has 6 rings (SSSR count). The van der Waals surface area contributed by atoms with Crippen molar-refractivity contribution in [2.24, 2.45) is 13.0 Å². The van der Waals surface area contributed by atoms with Crippen LogP contribution in [0.5, 0.6) is 0 Å². The Morgan fingerprint density at radius 3 is 2.97 bits per heavy atom. The summed E-state index contributed by atoms with van der Waals surface area (Å²) in [4.78, 5) is 13.0. The normalized spacial score (nSPS) is 26.6. The number of halogens is 1. The van der Waals surface area contributed by atoms with Crippen LogP contribution in [0.2, 0.25) is 5.15 Å². The van der Waals surface area contributed by atoms with E-state index in [0.29, 0.717) is 17.9 Å². The maximum atomic E-state index is 6.25. The molecule has 1 saturated carbocycles. The molecule has 0 spiro atoms. The number of aryl methyl sites for hydroxylation is 1. The second kappa shape index (κ2) is 6.52. The molecule has 0 amide bonds. The van der Waals surface area contributed by atoms with Crippen molar-refractivity contribution in [1.82, 2.24) is 24.1 Å². The number of hydrogen-bond donors (Lipinski definition) is 0. The van der Waals surface area contributed by atoms with Crippen molar-refractivity contribution in [3.05, 3.63) is 53.8 Å². The Balaban J connectivity index is 1.32. The monoisotopic (exact) mass is 409 g/mol. The summed E-state index contributed by atoms with van der Waals surface area (Å²) in [6.07, 6.45) is 7.39. The van der Waals surface area contributed by atoms with Gasteiger partial charge in [0.2, 0.25) is 0 Å². The zero-order valence-corrected chi connectivity index (χ0v) is 16.7. The van der Waals surface area contributed by atoms with Crippen LogP contribution in [0.4, 0.5) is 0 Å². The van der Waals surface area contributed by atoms with Gasteiger partial charge in [-0.1, -0.05) is 17.7 Å². The molecule has 1 aliphatic carbocycles. The van der Waals surface area contributed by atoms with Gasteiger partial charge in [0.15, 0.2) is 0 Å². The van der Waals surface area contributed by atoms with Crippen LogP contribution >= 0.6 is 11.6 Å². The lowest BCUT2D eigenvalue weighted by molar-refractivity contribution is 0.00970. The van der Waals surface area contributed by atoms with Crippen molar-refractivity contribution in [2.75, 3.05) is 6.79 Å². The fourth-order valence-corrected chi connectivity index (χ4v) is 5.18. The summed E-state index contributed by atoms with van der Waals surface area (Å²) in [5, 5.41) is 1.35. The van der Waals surface area contributed by atoms with Crippen molar-refractivity contribution in [3.63, 3.8) is 0 Å². The molecule has 0 unspecified atom stereocenters. The first-order valence-electron chi connectivity index (χ1n) is 9.79. The standard InChI is InChI=1S/C21H20ClN5O2/c1-26-10-25-15-7-12(2-3-16(15)26)6-13-8-17(19-18(13)28-11-29-19)27-5-4-14-20(22)23-9-24-21(14)27/h2-5,7,9-10,13,17-19H,6,8,11H2,1H3/t13-,17+,18+,19-/m0/s1. The molecule has 2 aliphatic rings. The molecule has 148 valence electrons. The Kier molecular flexibility index (Phi) is 3.91. The van der Waals surface area contributed by atoms with Crippen molar-refractivity contribution >= 4 is 33.7 Å². The van der Waals surface area contributed by atoms with E-state index < -0.39 is 0 Å². The minimum absolute atomic E-state index is 0.0166. The van der Waals surface area contributed by atoms with Crippen LogP contribution in [0.1, 0.15) is 18.0 Å². The topological polar surface area (TPSA) is 67.0 Å². The fourth-order valence-electron chi connectivity index (χ4n) is 4.99. The smallest absolute Gasteiger partial charge is 0.147 e. The van der Waals surface area contributed by atoms with Crippen LogP contribution in [-0.4, -0.2) is 43.1 Å². The van der Waals surface area contributed by atoms with Crippen LogP contribution in [0.15, 0.2) is 43.1 Å². The Morgan fingerprint density at radius 2 is 2.03 bits per heavy atom. The van der Waals surface area contributed by atoms with Gasteiger partial charge in [-0.2, -0.15) is 0 Å². The summed E-state index contributed by atoms with van der Waals surface area (Å²) in [5.74, 6) is 0.364. The minimum Gasteiger partial charge on any atom is -0.349 e. The van der Waals surface area contributed by atoms with E-state index in [2.05, 4.69) is 37.7 Å². The highest BCUT2D eigenvalue weighted by Gasteiger charge is 2.49. The van der Waals surface area contributed by atoms with E-state index in [4.69, 9.17) is 21.1 Å². The van der Waals surface area contributed by atoms with E-state index in [9.17, 15) is 0 Å². The largest absolute Gasteiger partial charge is 0.349 e. The average Bonchev–Trinajstić information content (AvgIpc) is 3.48. The average molecular weight is 410 g/mol.